The van der Waals surface area contributed by atoms with Gasteiger partial charge in [0.15, 0.2) is 5.78 Å². The number of nitrogens with one attached hydrogen (secondary N) is 2. The van der Waals surface area contributed by atoms with Crippen molar-refractivity contribution in [1.82, 2.24) is 15.5 Å². The molecule has 2 aliphatic rings. The summed E-state index contributed by atoms with van der Waals surface area (Å²) in [7, 11) is 0. The fraction of sp³-hybridized carbons (Fsp3) is 0.455. The number of fused-ring (bicyclic) bond motifs is 1. The highest BCUT2D eigenvalue weighted by molar-refractivity contribution is 8.00. The Morgan fingerprint density at radius 1 is 1.17 bits per heavy atom. The topological polar surface area (TPSA) is 217 Å². The van der Waals surface area contributed by atoms with Gasteiger partial charge in [-0.3, -0.25) is 24.6 Å². The van der Waals surface area contributed by atoms with Crippen molar-refractivity contribution in [3.8, 4) is 5.75 Å². The Bertz CT molecular complexity index is 1060. The number of carboxylic acid groups (broad SMARTS) is 1. The summed E-state index contributed by atoms with van der Waals surface area (Å²) in [5, 5.41) is 61.6. The molecule has 2 heterocycles. The van der Waals surface area contributed by atoms with Gasteiger partial charge >= 0.3 is 5.97 Å². The molecule has 3 rings (SSSR count). The fourth-order valence-corrected chi connectivity index (χ4v) is 5.15. The number of β-lactam (4-membered cyclic amide) rings is 1. The van der Waals surface area contributed by atoms with Crippen molar-refractivity contribution < 1.29 is 49.8 Å². The van der Waals surface area contributed by atoms with E-state index in [4.69, 9.17) is 5.11 Å². The number of aliphatic hydroxyl groups is 4. The van der Waals surface area contributed by atoms with Crippen LogP contribution < -0.4 is 10.6 Å². The number of carboxylic acids is 1. The molecule has 36 heavy (non-hydrogen) atoms. The number of benzene rings is 1. The van der Waals surface area contributed by atoms with E-state index >= 15 is 0 Å². The third-order valence-corrected chi connectivity index (χ3v) is 7.29. The highest BCUT2D eigenvalue weighted by Gasteiger charge is 2.54. The highest BCUT2D eigenvalue weighted by atomic mass is 32.2. The van der Waals surface area contributed by atoms with Gasteiger partial charge in [-0.1, -0.05) is 12.1 Å². The van der Waals surface area contributed by atoms with Gasteiger partial charge in [0.1, 0.15) is 47.2 Å². The maximum Gasteiger partial charge on any atom is 0.352 e. The van der Waals surface area contributed by atoms with Crippen molar-refractivity contribution >= 4 is 35.3 Å². The molecule has 6 atom stereocenters. The van der Waals surface area contributed by atoms with E-state index in [-0.39, 0.29) is 11.4 Å². The third-order valence-electron chi connectivity index (χ3n) is 5.86. The number of carbonyl (C=O) groups excluding carboxylic acids is 3. The molecular formula is C22H27N3O10S. The van der Waals surface area contributed by atoms with Crippen LogP contribution in [0.2, 0.25) is 0 Å². The minimum atomic E-state index is -2.05. The van der Waals surface area contributed by atoms with Gasteiger partial charge < -0.3 is 36.0 Å². The van der Waals surface area contributed by atoms with Crippen LogP contribution in [0.3, 0.4) is 0 Å². The lowest BCUT2D eigenvalue weighted by Gasteiger charge is -2.49. The molecule has 0 bridgehead atoms. The molecule has 1 fully saturated rings. The van der Waals surface area contributed by atoms with E-state index < -0.39 is 72.5 Å². The molecule has 1 aromatic rings. The summed E-state index contributed by atoms with van der Waals surface area (Å²) in [5.41, 5.74) is 0.701. The first kappa shape index (κ1) is 27.6. The van der Waals surface area contributed by atoms with Crippen LogP contribution in [0, 0.1) is 0 Å². The second-order valence-electron chi connectivity index (χ2n) is 8.39. The molecule has 0 spiro atoms. The zero-order chi connectivity index (χ0) is 26.7. The number of phenolic OH excluding ortho intramolecular Hbond substituents is 1. The number of aliphatic hydroxyl groups excluding tert-OH is 4. The number of thioether (sulfide) groups is 1. The number of aliphatic carboxylic acids is 1. The molecule has 0 radical (unpaired) electrons. The number of phenols is 1. The van der Waals surface area contributed by atoms with Gasteiger partial charge in [-0.25, -0.2) is 4.79 Å². The minimum Gasteiger partial charge on any atom is -0.508 e. The zero-order valence-electron chi connectivity index (χ0n) is 19.1. The zero-order valence-corrected chi connectivity index (χ0v) is 19.9. The number of carbonyl (C=O) groups is 4. The first-order valence-electron chi connectivity index (χ1n) is 10.9. The maximum atomic E-state index is 13.2. The van der Waals surface area contributed by atoms with Crippen LogP contribution >= 0.6 is 11.8 Å². The van der Waals surface area contributed by atoms with Gasteiger partial charge in [0.25, 0.3) is 5.91 Å². The monoisotopic (exact) mass is 525 g/mol. The summed E-state index contributed by atoms with van der Waals surface area (Å²) in [5.74, 6) is -3.29. The fourth-order valence-electron chi connectivity index (χ4n) is 3.86. The van der Waals surface area contributed by atoms with Gasteiger partial charge in [0.05, 0.1) is 13.2 Å². The summed E-state index contributed by atoms with van der Waals surface area (Å²) in [6.45, 7) is 0.0866. The van der Waals surface area contributed by atoms with E-state index in [0.29, 0.717) is 16.9 Å². The van der Waals surface area contributed by atoms with Crippen LogP contribution in [-0.4, -0.2) is 108 Å². The molecule has 14 heteroatoms. The molecule has 8 N–H and O–H groups in total. The van der Waals surface area contributed by atoms with Crippen LogP contribution in [-0.2, 0) is 19.2 Å². The smallest absolute Gasteiger partial charge is 0.352 e. The Balaban J connectivity index is 1.74. The SMILES string of the molecule is CC1=C(C(=O)O)N2C(=O)[C@@H](NC(=O)[C@H](NCC(=O)[C@H](O)[C@H](O)[C@H](O)CO)c3ccc(O)cc3)[C@H]2SC1. The summed E-state index contributed by atoms with van der Waals surface area (Å²) in [6.07, 6.45) is -5.76. The predicted molar refractivity (Wildman–Crippen MR) is 124 cm³/mol. The van der Waals surface area contributed by atoms with Crippen molar-refractivity contribution in [2.75, 3.05) is 18.9 Å². The van der Waals surface area contributed by atoms with E-state index in [9.17, 15) is 44.7 Å². The van der Waals surface area contributed by atoms with Crippen LogP contribution in [0.25, 0.3) is 0 Å². The Morgan fingerprint density at radius 3 is 2.39 bits per heavy atom. The maximum absolute atomic E-state index is 13.2. The summed E-state index contributed by atoms with van der Waals surface area (Å²) < 4.78 is 0. The molecule has 1 saturated heterocycles. The number of rotatable bonds is 11. The molecule has 0 aromatic heterocycles. The second kappa shape index (κ2) is 11.4. The Hall–Kier alpha value is -3.01. The lowest BCUT2D eigenvalue weighted by atomic mass is 10.0. The van der Waals surface area contributed by atoms with Gasteiger partial charge in [-0.05, 0) is 30.2 Å². The summed E-state index contributed by atoms with van der Waals surface area (Å²) in [6, 6.07) is 3.14. The molecule has 1 aromatic carbocycles. The molecule has 2 amide bonds. The Labute approximate surface area is 209 Å². The first-order valence-corrected chi connectivity index (χ1v) is 11.9. The summed E-state index contributed by atoms with van der Waals surface area (Å²) >= 11 is 1.29. The van der Waals surface area contributed by atoms with Crippen molar-refractivity contribution in [3.05, 3.63) is 41.1 Å². The van der Waals surface area contributed by atoms with E-state index in [1.165, 1.54) is 36.0 Å². The Morgan fingerprint density at radius 2 is 1.81 bits per heavy atom. The average Bonchev–Trinajstić information content (AvgIpc) is 2.86. The lowest BCUT2D eigenvalue weighted by Crippen LogP contribution is -2.71. The number of Topliss-reactive ketones (excluding diaryl/α,β-unsaturated/α-hetero) is 1. The Kier molecular flexibility index (Phi) is 8.71. The first-order chi connectivity index (χ1) is 17.0. The average molecular weight is 526 g/mol. The normalized spacial score (nSPS) is 22.7. The molecule has 0 aliphatic carbocycles. The number of aromatic hydroxyl groups is 1. The van der Waals surface area contributed by atoms with Crippen molar-refractivity contribution in [2.24, 2.45) is 0 Å². The van der Waals surface area contributed by atoms with Gasteiger partial charge in [-0.2, -0.15) is 0 Å². The van der Waals surface area contributed by atoms with E-state index in [1.807, 2.05) is 0 Å². The molecule has 196 valence electrons. The molecule has 2 aliphatic heterocycles. The van der Waals surface area contributed by atoms with Crippen molar-refractivity contribution in [3.63, 3.8) is 0 Å². The number of hydrogen-bond donors (Lipinski definition) is 8. The van der Waals surface area contributed by atoms with Crippen LogP contribution in [0.5, 0.6) is 5.75 Å². The third kappa shape index (κ3) is 5.53. The number of nitrogens with zero attached hydrogens (tertiary/aromatic N) is 1. The number of ketones is 1. The standard InChI is InChI=1S/C22H27N3O10S/c1-9-8-36-21-15(20(33)25(21)16(9)22(34)35)24-19(32)14(10-2-4-11(27)5-3-10)23-6-12(28)17(30)18(31)13(29)7-26/h2-5,13-15,17-18,21,23,26-27,29-31H,6-8H2,1H3,(H,24,32)(H,34,35)/t13-,14-,15-,17+,18-,21-/m1/s1. The van der Waals surface area contributed by atoms with E-state index in [0.717, 1.165) is 4.90 Å². The lowest BCUT2D eigenvalue weighted by molar-refractivity contribution is -0.151. The van der Waals surface area contributed by atoms with Crippen molar-refractivity contribution in [1.29, 1.82) is 0 Å². The second-order valence-corrected chi connectivity index (χ2v) is 9.49. The molecule has 0 saturated carbocycles. The molecule has 0 unspecified atom stereocenters. The van der Waals surface area contributed by atoms with Gasteiger partial charge in [0, 0.05) is 5.75 Å². The largest absolute Gasteiger partial charge is 0.508 e. The van der Waals surface area contributed by atoms with Gasteiger partial charge in [0.2, 0.25) is 5.91 Å². The molecule has 13 nitrogen and oxygen atoms in total. The van der Waals surface area contributed by atoms with Crippen LogP contribution in [0.4, 0.5) is 0 Å². The van der Waals surface area contributed by atoms with Crippen molar-refractivity contribution in [2.45, 2.75) is 42.7 Å². The molecular weight excluding hydrogens is 498 g/mol. The van der Waals surface area contributed by atoms with Crippen LogP contribution in [0.15, 0.2) is 35.5 Å². The quantitative estimate of drug-likeness (QED) is 0.140. The van der Waals surface area contributed by atoms with Gasteiger partial charge in [-0.15, -0.1) is 11.8 Å². The minimum absolute atomic E-state index is 0.0858. The highest BCUT2D eigenvalue weighted by Crippen LogP contribution is 2.40. The van der Waals surface area contributed by atoms with Crippen LogP contribution in [0.1, 0.15) is 18.5 Å². The number of hydrogen-bond acceptors (Lipinski definition) is 11. The number of amides is 2. The van der Waals surface area contributed by atoms with E-state index in [2.05, 4.69) is 10.6 Å². The predicted octanol–water partition coefficient (Wildman–Crippen LogP) is -2.57. The summed E-state index contributed by atoms with van der Waals surface area (Å²) in [4.78, 5) is 50.9. The van der Waals surface area contributed by atoms with E-state index in [1.54, 1.807) is 6.92 Å².